The summed E-state index contributed by atoms with van der Waals surface area (Å²) < 4.78 is 12.2. The molecule has 1 aliphatic heterocycles. The number of benzene rings is 2. The first-order valence-corrected chi connectivity index (χ1v) is 11.6. The molecule has 0 aromatic heterocycles. The van der Waals surface area contributed by atoms with Crippen molar-refractivity contribution in [2.45, 2.75) is 27.2 Å². The number of piperazine rings is 1. The van der Waals surface area contributed by atoms with Gasteiger partial charge in [0.2, 0.25) is 5.91 Å². The molecule has 6 nitrogen and oxygen atoms in total. The molecule has 1 heterocycles. The maximum absolute atomic E-state index is 12.8. The fourth-order valence-corrected chi connectivity index (χ4v) is 4.13. The van der Waals surface area contributed by atoms with Gasteiger partial charge in [0.15, 0.2) is 11.5 Å². The number of halogens is 1. The van der Waals surface area contributed by atoms with E-state index in [0.717, 1.165) is 47.5 Å². The van der Waals surface area contributed by atoms with Gasteiger partial charge in [-0.15, -0.1) is 0 Å². The molecule has 1 amide bonds. The highest BCUT2D eigenvalue weighted by Gasteiger charge is 2.17. The van der Waals surface area contributed by atoms with Crippen molar-refractivity contribution in [1.82, 2.24) is 4.90 Å². The number of anilines is 2. The summed E-state index contributed by atoms with van der Waals surface area (Å²) >= 11 is 3.56. The van der Waals surface area contributed by atoms with Crippen molar-refractivity contribution >= 4 is 33.2 Å². The Morgan fingerprint density at radius 3 is 2.29 bits per heavy atom. The predicted octanol–water partition coefficient (Wildman–Crippen LogP) is 4.49. The van der Waals surface area contributed by atoms with E-state index in [4.69, 9.17) is 9.47 Å². The van der Waals surface area contributed by atoms with E-state index in [1.165, 1.54) is 5.69 Å². The molecule has 7 heteroatoms. The lowest BCUT2D eigenvalue weighted by Crippen LogP contribution is -2.44. The molecule has 0 unspecified atom stereocenters. The number of amides is 1. The van der Waals surface area contributed by atoms with E-state index in [2.05, 4.69) is 50.2 Å². The largest absolute Gasteiger partial charge is 0.490 e. The van der Waals surface area contributed by atoms with E-state index in [0.29, 0.717) is 24.7 Å². The van der Waals surface area contributed by atoms with Crippen molar-refractivity contribution in [3.8, 4) is 11.5 Å². The van der Waals surface area contributed by atoms with Crippen molar-refractivity contribution < 1.29 is 14.3 Å². The van der Waals surface area contributed by atoms with Gasteiger partial charge < -0.3 is 24.6 Å². The molecule has 0 bridgehead atoms. The number of rotatable bonds is 8. The Kier molecular flexibility index (Phi) is 8.21. The molecule has 1 fully saturated rings. The van der Waals surface area contributed by atoms with Crippen LogP contribution in [-0.4, -0.2) is 57.2 Å². The average Bonchev–Trinajstić information content (AvgIpc) is 2.73. The highest BCUT2D eigenvalue weighted by molar-refractivity contribution is 9.10. The maximum atomic E-state index is 12.8. The van der Waals surface area contributed by atoms with Crippen LogP contribution in [0.3, 0.4) is 0 Å². The van der Waals surface area contributed by atoms with E-state index < -0.39 is 0 Å². The molecule has 0 radical (unpaired) electrons. The summed E-state index contributed by atoms with van der Waals surface area (Å²) in [6.07, 6.45) is 0.243. The van der Waals surface area contributed by atoms with Crippen LogP contribution >= 0.6 is 15.9 Å². The first-order chi connectivity index (χ1) is 14.9. The van der Waals surface area contributed by atoms with Gasteiger partial charge in [-0.1, -0.05) is 15.9 Å². The minimum Gasteiger partial charge on any atom is -0.490 e. The summed E-state index contributed by atoms with van der Waals surface area (Å²) in [5, 5.41) is 3.06. The summed E-state index contributed by atoms with van der Waals surface area (Å²) in [4.78, 5) is 17.5. The molecule has 168 valence electrons. The van der Waals surface area contributed by atoms with Gasteiger partial charge in [-0.3, -0.25) is 4.79 Å². The molecule has 0 aliphatic carbocycles. The third-order valence-electron chi connectivity index (χ3n) is 5.42. The number of aryl methyl sites for hydroxylation is 1. The predicted molar refractivity (Wildman–Crippen MR) is 130 cm³/mol. The quantitative estimate of drug-likeness (QED) is 0.591. The van der Waals surface area contributed by atoms with E-state index >= 15 is 0 Å². The van der Waals surface area contributed by atoms with E-state index in [1.54, 1.807) is 0 Å². The van der Waals surface area contributed by atoms with E-state index in [1.807, 2.05) is 39.0 Å². The number of likely N-dealkylation sites (N-methyl/N-ethyl adjacent to an activating group) is 1. The van der Waals surface area contributed by atoms with E-state index in [9.17, 15) is 4.79 Å². The van der Waals surface area contributed by atoms with Gasteiger partial charge in [0, 0.05) is 42.0 Å². The van der Waals surface area contributed by atoms with Crippen LogP contribution in [0.1, 0.15) is 25.0 Å². The van der Waals surface area contributed by atoms with Crippen molar-refractivity contribution in [3.63, 3.8) is 0 Å². The second-order valence-corrected chi connectivity index (χ2v) is 8.63. The lowest BCUT2D eigenvalue weighted by molar-refractivity contribution is -0.115. The van der Waals surface area contributed by atoms with Crippen LogP contribution in [0.2, 0.25) is 0 Å². The highest BCUT2D eigenvalue weighted by Crippen LogP contribution is 2.34. The zero-order chi connectivity index (χ0) is 22.4. The van der Waals surface area contributed by atoms with Crippen molar-refractivity contribution in [3.05, 3.63) is 45.9 Å². The standard InChI is InChI=1S/C24H32BrN3O3/c1-5-30-22-14-18(20(25)16-23(22)31-6-2)15-24(29)26-21-8-7-19(13-17(21)3)28-11-9-27(4)10-12-28/h7-8,13-14,16H,5-6,9-12,15H2,1-4H3,(H,26,29). The number of ether oxygens (including phenoxy) is 2. The molecule has 1 N–H and O–H groups in total. The number of nitrogens with zero attached hydrogens (tertiary/aromatic N) is 2. The van der Waals surface area contributed by atoms with Gasteiger partial charge in [0.05, 0.1) is 19.6 Å². The topological polar surface area (TPSA) is 54.0 Å². The highest BCUT2D eigenvalue weighted by atomic mass is 79.9. The Morgan fingerprint density at radius 2 is 1.68 bits per heavy atom. The molecule has 2 aromatic rings. The van der Waals surface area contributed by atoms with Gasteiger partial charge >= 0.3 is 0 Å². The van der Waals surface area contributed by atoms with Crippen LogP contribution in [0.5, 0.6) is 11.5 Å². The molecular weight excluding hydrogens is 458 g/mol. The monoisotopic (exact) mass is 489 g/mol. The molecule has 1 saturated heterocycles. The summed E-state index contributed by atoms with van der Waals surface area (Å²) in [6.45, 7) is 11.2. The van der Waals surface area contributed by atoms with Gasteiger partial charge in [0.25, 0.3) is 0 Å². The van der Waals surface area contributed by atoms with Crippen LogP contribution in [0.15, 0.2) is 34.8 Å². The smallest absolute Gasteiger partial charge is 0.228 e. The molecular formula is C24H32BrN3O3. The Morgan fingerprint density at radius 1 is 1.03 bits per heavy atom. The molecule has 31 heavy (non-hydrogen) atoms. The summed E-state index contributed by atoms with van der Waals surface area (Å²) in [7, 11) is 2.15. The minimum atomic E-state index is -0.0669. The zero-order valence-corrected chi connectivity index (χ0v) is 20.4. The number of hydrogen-bond donors (Lipinski definition) is 1. The third kappa shape index (κ3) is 6.14. The molecule has 0 spiro atoms. The van der Waals surface area contributed by atoms with Crippen molar-refractivity contribution in [1.29, 1.82) is 0 Å². The normalized spacial score (nSPS) is 14.4. The number of nitrogens with one attached hydrogen (secondary N) is 1. The Labute approximate surface area is 193 Å². The summed E-state index contributed by atoms with van der Waals surface area (Å²) in [5.74, 6) is 1.27. The third-order valence-corrected chi connectivity index (χ3v) is 6.15. The summed E-state index contributed by atoms with van der Waals surface area (Å²) in [5.41, 5.74) is 3.97. The van der Waals surface area contributed by atoms with Crippen LogP contribution in [0.25, 0.3) is 0 Å². The molecule has 2 aromatic carbocycles. The van der Waals surface area contributed by atoms with Crippen LogP contribution in [0, 0.1) is 6.92 Å². The molecule has 1 aliphatic rings. The Balaban J connectivity index is 1.68. The van der Waals surface area contributed by atoms with E-state index in [-0.39, 0.29) is 12.3 Å². The lowest BCUT2D eigenvalue weighted by atomic mass is 10.1. The van der Waals surface area contributed by atoms with Gasteiger partial charge in [-0.05, 0) is 69.3 Å². The fraction of sp³-hybridized carbons (Fsp3) is 0.458. The van der Waals surface area contributed by atoms with Gasteiger partial charge in [-0.25, -0.2) is 0 Å². The molecule has 3 rings (SSSR count). The van der Waals surface area contributed by atoms with Crippen molar-refractivity contribution in [2.24, 2.45) is 0 Å². The Bertz CT molecular complexity index is 911. The first-order valence-electron chi connectivity index (χ1n) is 10.8. The number of hydrogen-bond acceptors (Lipinski definition) is 5. The van der Waals surface area contributed by atoms with Crippen molar-refractivity contribution in [2.75, 3.05) is 56.7 Å². The van der Waals surface area contributed by atoms with Crippen LogP contribution < -0.4 is 19.7 Å². The summed E-state index contributed by atoms with van der Waals surface area (Å²) in [6, 6.07) is 9.99. The lowest BCUT2D eigenvalue weighted by Gasteiger charge is -2.34. The fourth-order valence-electron chi connectivity index (χ4n) is 3.67. The average molecular weight is 490 g/mol. The molecule has 0 atom stereocenters. The van der Waals surface area contributed by atoms with Gasteiger partial charge in [0.1, 0.15) is 0 Å². The maximum Gasteiger partial charge on any atom is 0.228 e. The van der Waals surface area contributed by atoms with Gasteiger partial charge in [-0.2, -0.15) is 0 Å². The zero-order valence-electron chi connectivity index (χ0n) is 18.8. The Hall–Kier alpha value is -2.25. The second kappa shape index (κ2) is 10.9. The minimum absolute atomic E-state index is 0.0669. The number of carbonyl (C=O) groups is 1. The van der Waals surface area contributed by atoms with Crippen LogP contribution in [-0.2, 0) is 11.2 Å². The molecule has 0 saturated carbocycles. The second-order valence-electron chi connectivity index (χ2n) is 7.77. The first kappa shape index (κ1) is 23.4. The number of carbonyl (C=O) groups excluding carboxylic acids is 1. The SMILES string of the molecule is CCOc1cc(Br)c(CC(=O)Nc2ccc(N3CCN(C)CC3)cc2C)cc1OCC. The van der Waals surface area contributed by atoms with Crippen LogP contribution in [0.4, 0.5) is 11.4 Å².